The standard InChI is InChI=1S/C17H18N2O2S.ClH/c1-19-12-13(9-10-18)16-11-15(7-8-17(16)19)22(20,21)14-5-3-2-4-6-14;/h2-8,11-12H,9-10,18H2,1H3;1H. The molecule has 0 unspecified atom stereocenters. The molecule has 0 aliphatic carbocycles. The molecule has 0 radical (unpaired) electrons. The number of halogens is 1. The topological polar surface area (TPSA) is 65.1 Å². The van der Waals surface area contributed by atoms with Gasteiger partial charge in [-0.25, -0.2) is 8.42 Å². The molecule has 0 atom stereocenters. The lowest BCUT2D eigenvalue weighted by Gasteiger charge is -2.06. The molecule has 122 valence electrons. The largest absolute Gasteiger partial charge is 0.350 e. The monoisotopic (exact) mass is 350 g/mol. The molecule has 0 spiro atoms. The van der Waals surface area contributed by atoms with Gasteiger partial charge in [-0.3, -0.25) is 0 Å². The zero-order valence-corrected chi connectivity index (χ0v) is 14.4. The average molecular weight is 351 g/mol. The minimum Gasteiger partial charge on any atom is -0.350 e. The van der Waals surface area contributed by atoms with Crippen LogP contribution in [-0.4, -0.2) is 19.5 Å². The fourth-order valence-electron chi connectivity index (χ4n) is 2.71. The fraction of sp³-hybridized carbons (Fsp3) is 0.176. The summed E-state index contributed by atoms with van der Waals surface area (Å²) in [6.07, 6.45) is 2.74. The number of hydrogen-bond acceptors (Lipinski definition) is 3. The zero-order chi connectivity index (χ0) is 15.7. The summed E-state index contributed by atoms with van der Waals surface area (Å²) in [5, 5.41) is 0.949. The van der Waals surface area contributed by atoms with E-state index in [0.29, 0.717) is 16.3 Å². The van der Waals surface area contributed by atoms with Gasteiger partial charge in [-0.05, 0) is 48.9 Å². The van der Waals surface area contributed by atoms with Crippen molar-refractivity contribution >= 4 is 33.1 Å². The number of hydrogen-bond donors (Lipinski definition) is 1. The van der Waals surface area contributed by atoms with Gasteiger partial charge in [0.1, 0.15) is 0 Å². The summed E-state index contributed by atoms with van der Waals surface area (Å²) in [5.41, 5.74) is 7.73. The fourth-order valence-corrected chi connectivity index (χ4v) is 4.02. The Morgan fingerprint density at radius 2 is 1.74 bits per heavy atom. The first-order valence-corrected chi connectivity index (χ1v) is 8.60. The number of nitrogens with zero attached hydrogens (tertiary/aromatic N) is 1. The van der Waals surface area contributed by atoms with Gasteiger partial charge in [-0.1, -0.05) is 18.2 Å². The van der Waals surface area contributed by atoms with E-state index in [2.05, 4.69) is 0 Å². The molecule has 1 aromatic heterocycles. The van der Waals surface area contributed by atoms with Crippen molar-refractivity contribution in [3.63, 3.8) is 0 Å². The lowest BCUT2D eigenvalue weighted by atomic mass is 10.1. The summed E-state index contributed by atoms with van der Waals surface area (Å²) in [4.78, 5) is 0.626. The molecule has 6 heteroatoms. The zero-order valence-electron chi connectivity index (χ0n) is 12.8. The van der Waals surface area contributed by atoms with Gasteiger partial charge in [0.2, 0.25) is 9.84 Å². The summed E-state index contributed by atoms with van der Waals surface area (Å²) in [7, 11) is -1.54. The first-order valence-electron chi connectivity index (χ1n) is 7.12. The molecular weight excluding hydrogens is 332 g/mol. The van der Waals surface area contributed by atoms with Gasteiger partial charge in [0.25, 0.3) is 0 Å². The van der Waals surface area contributed by atoms with E-state index in [1.54, 1.807) is 42.5 Å². The smallest absolute Gasteiger partial charge is 0.206 e. The van der Waals surface area contributed by atoms with Gasteiger partial charge < -0.3 is 10.3 Å². The Bertz CT molecular complexity index is 918. The molecule has 0 fully saturated rings. The normalized spacial score (nSPS) is 11.4. The van der Waals surface area contributed by atoms with E-state index in [9.17, 15) is 8.42 Å². The molecule has 1 heterocycles. The lowest BCUT2D eigenvalue weighted by molar-refractivity contribution is 0.596. The number of benzene rings is 2. The molecule has 0 saturated heterocycles. The Kier molecular flexibility index (Phi) is 5.14. The van der Waals surface area contributed by atoms with Crippen molar-refractivity contribution in [3.8, 4) is 0 Å². The van der Waals surface area contributed by atoms with Crippen molar-refractivity contribution in [2.45, 2.75) is 16.2 Å². The second-order valence-electron chi connectivity index (χ2n) is 5.30. The molecule has 0 saturated carbocycles. The maximum Gasteiger partial charge on any atom is 0.206 e. The maximum absolute atomic E-state index is 12.7. The van der Waals surface area contributed by atoms with E-state index in [0.717, 1.165) is 22.9 Å². The molecule has 23 heavy (non-hydrogen) atoms. The van der Waals surface area contributed by atoms with Crippen LogP contribution in [0.25, 0.3) is 10.9 Å². The Balaban J connectivity index is 0.00000192. The van der Waals surface area contributed by atoms with Crippen molar-refractivity contribution in [1.82, 2.24) is 4.57 Å². The number of aromatic nitrogens is 1. The molecule has 3 rings (SSSR count). The molecule has 0 bridgehead atoms. The van der Waals surface area contributed by atoms with Gasteiger partial charge >= 0.3 is 0 Å². The number of rotatable bonds is 4. The van der Waals surface area contributed by atoms with Crippen LogP contribution in [0.2, 0.25) is 0 Å². The van der Waals surface area contributed by atoms with Crippen molar-refractivity contribution in [2.24, 2.45) is 12.8 Å². The van der Waals surface area contributed by atoms with Crippen LogP contribution >= 0.6 is 12.4 Å². The Hall–Kier alpha value is -1.82. The van der Waals surface area contributed by atoms with Crippen LogP contribution in [0.1, 0.15) is 5.56 Å². The van der Waals surface area contributed by atoms with Gasteiger partial charge in [0, 0.05) is 24.1 Å². The molecule has 4 nitrogen and oxygen atoms in total. The van der Waals surface area contributed by atoms with Crippen LogP contribution < -0.4 is 5.73 Å². The first kappa shape index (κ1) is 17.5. The highest BCUT2D eigenvalue weighted by Crippen LogP contribution is 2.27. The van der Waals surface area contributed by atoms with Gasteiger partial charge in [-0.2, -0.15) is 0 Å². The van der Waals surface area contributed by atoms with Gasteiger partial charge in [-0.15, -0.1) is 12.4 Å². The maximum atomic E-state index is 12.7. The van der Waals surface area contributed by atoms with Crippen LogP contribution in [-0.2, 0) is 23.3 Å². The summed E-state index contributed by atoms with van der Waals surface area (Å²) < 4.78 is 27.4. The van der Waals surface area contributed by atoms with Crippen LogP contribution in [0.3, 0.4) is 0 Å². The van der Waals surface area contributed by atoms with Gasteiger partial charge in [0.05, 0.1) is 9.79 Å². The van der Waals surface area contributed by atoms with Crippen molar-refractivity contribution in [3.05, 3.63) is 60.3 Å². The summed E-state index contributed by atoms with van der Waals surface area (Å²) in [6.45, 7) is 0.536. The van der Waals surface area contributed by atoms with E-state index in [-0.39, 0.29) is 12.4 Å². The number of sulfone groups is 1. The molecule has 2 aromatic carbocycles. The lowest BCUT2D eigenvalue weighted by Crippen LogP contribution is -2.03. The Labute approximate surface area is 142 Å². The molecule has 0 aliphatic rings. The third-order valence-electron chi connectivity index (χ3n) is 3.82. The highest BCUT2D eigenvalue weighted by molar-refractivity contribution is 7.91. The molecule has 0 aliphatic heterocycles. The number of nitrogens with two attached hydrogens (primary N) is 1. The van der Waals surface area contributed by atoms with E-state index < -0.39 is 9.84 Å². The minimum absolute atomic E-state index is 0. The third-order valence-corrected chi connectivity index (χ3v) is 5.59. The average Bonchev–Trinajstić information content (AvgIpc) is 2.84. The quantitative estimate of drug-likeness (QED) is 0.786. The second-order valence-corrected chi connectivity index (χ2v) is 7.25. The molecular formula is C17H19ClN2O2S. The second kappa shape index (κ2) is 6.74. The van der Waals surface area contributed by atoms with Crippen LogP contribution in [0.4, 0.5) is 0 Å². The van der Waals surface area contributed by atoms with Crippen LogP contribution in [0, 0.1) is 0 Å². The van der Waals surface area contributed by atoms with Crippen molar-refractivity contribution in [2.75, 3.05) is 6.54 Å². The molecule has 3 aromatic rings. The number of aryl methyl sites for hydroxylation is 1. The summed E-state index contributed by atoms with van der Waals surface area (Å²) >= 11 is 0. The van der Waals surface area contributed by atoms with E-state index in [1.165, 1.54) is 0 Å². The molecule has 0 amide bonds. The SMILES string of the molecule is Cl.Cn1cc(CCN)c2cc(S(=O)(=O)c3ccccc3)ccc21. The highest BCUT2D eigenvalue weighted by atomic mass is 35.5. The Morgan fingerprint density at radius 3 is 2.39 bits per heavy atom. The van der Waals surface area contributed by atoms with Gasteiger partial charge in [0.15, 0.2) is 0 Å². The Morgan fingerprint density at radius 1 is 1.04 bits per heavy atom. The van der Waals surface area contributed by atoms with Crippen LogP contribution in [0.15, 0.2) is 64.5 Å². The van der Waals surface area contributed by atoms with E-state index in [1.807, 2.05) is 23.9 Å². The number of fused-ring (bicyclic) bond motifs is 1. The summed E-state index contributed by atoms with van der Waals surface area (Å²) in [6, 6.07) is 13.8. The molecule has 2 N–H and O–H groups in total. The van der Waals surface area contributed by atoms with Crippen molar-refractivity contribution < 1.29 is 8.42 Å². The summed E-state index contributed by atoms with van der Waals surface area (Å²) in [5.74, 6) is 0. The third kappa shape index (κ3) is 3.13. The minimum atomic E-state index is -3.49. The van der Waals surface area contributed by atoms with Crippen molar-refractivity contribution in [1.29, 1.82) is 0 Å². The van der Waals surface area contributed by atoms with E-state index >= 15 is 0 Å². The predicted molar refractivity (Wildman–Crippen MR) is 94.8 cm³/mol. The van der Waals surface area contributed by atoms with Crippen LogP contribution in [0.5, 0.6) is 0 Å². The highest BCUT2D eigenvalue weighted by Gasteiger charge is 2.18. The first-order chi connectivity index (χ1) is 10.5. The van der Waals surface area contributed by atoms with E-state index in [4.69, 9.17) is 5.73 Å². The predicted octanol–water partition coefficient (Wildman–Crippen LogP) is 2.93.